The molecule has 0 aromatic heterocycles. The summed E-state index contributed by atoms with van der Waals surface area (Å²) in [5.41, 5.74) is 0.432. The summed E-state index contributed by atoms with van der Waals surface area (Å²) in [5.74, 6) is 2.59. The maximum atomic E-state index is 12.5. The predicted molar refractivity (Wildman–Crippen MR) is 92.4 cm³/mol. The molecule has 0 saturated heterocycles. The number of rotatable bonds is 5. The van der Waals surface area contributed by atoms with Crippen LogP contribution in [0.1, 0.15) is 44.1 Å². The second-order valence-electron chi connectivity index (χ2n) is 8.19. The van der Waals surface area contributed by atoms with Gasteiger partial charge in [0.25, 0.3) is 11.6 Å². The third-order valence-corrected chi connectivity index (χ3v) is 6.25. The van der Waals surface area contributed by atoms with Gasteiger partial charge in [-0.05, 0) is 69.3 Å². The number of nitro benzene ring substituents is 1. The molecule has 4 saturated carbocycles. The third kappa shape index (κ3) is 3.10. The maximum Gasteiger partial charge on any atom is 0.276 e. The van der Waals surface area contributed by atoms with Gasteiger partial charge in [-0.25, -0.2) is 0 Å². The van der Waals surface area contributed by atoms with Crippen LogP contribution >= 0.6 is 0 Å². The largest absolute Gasteiger partial charge is 0.483 e. The van der Waals surface area contributed by atoms with Crippen molar-refractivity contribution >= 4 is 11.6 Å². The van der Waals surface area contributed by atoms with Crippen molar-refractivity contribution in [2.45, 2.75) is 51.0 Å². The van der Waals surface area contributed by atoms with Gasteiger partial charge in [0.1, 0.15) is 5.75 Å². The fourth-order valence-electron chi connectivity index (χ4n) is 5.70. The van der Waals surface area contributed by atoms with E-state index in [0.29, 0.717) is 11.3 Å². The highest BCUT2D eigenvalue weighted by Crippen LogP contribution is 2.55. The molecular formula is C19H24N2O4. The molecule has 4 aliphatic carbocycles. The van der Waals surface area contributed by atoms with E-state index in [1.165, 1.54) is 25.3 Å². The van der Waals surface area contributed by atoms with Crippen LogP contribution in [0.4, 0.5) is 5.69 Å². The Bertz CT molecular complexity index is 680. The van der Waals surface area contributed by atoms with Crippen LogP contribution in [0.15, 0.2) is 18.2 Å². The SMILES string of the molecule is Cc1c(OCC(=O)NC23CC4CC(CC(C4)C2)C3)cccc1[N+](=O)[O-]. The lowest BCUT2D eigenvalue weighted by Gasteiger charge is -2.56. The smallest absolute Gasteiger partial charge is 0.276 e. The van der Waals surface area contributed by atoms with E-state index >= 15 is 0 Å². The lowest BCUT2D eigenvalue weighted by Crippen LogP contribution is -2.60. The van der Waals surface area contributed by atoms with Gasteiger partial charge in [-0.2, -0.15) is 0 Å². The van der Waals surface area contributed by atoms with Gasteiger partial charge in [-0.1, -0.05) is 6.07 Å². The average molecular weight is 344 g/mol. The number of hydrogen-bond acceptors (Lipinski definition) is 4. The first-order valence-corrected chi connectivity index (χ1v) is 9.12. The summed E-state index contributed by atoms with van der Waals surface area (Å²) in [6.45, 7) is 1.55. The van der Waals surface area contributed by atoms with Gasteiger partial charge in [0, 0.05) is 11.6 Å². The van der Waals surface area contributed by atoms with Crippen molar-refractivity contribution < 1.29 is 14.5 Å². The monoisotopic (exact) mass is 344 g/mol. The van der Waals surface area contributed by atoms with Crippen molar-refractivity contribution in [3.05, 3.63) is 33.9 Å². The van der Waals surface area contributed by atoms with Crippen LogP contribution in [0.2, 0.25) is 0 Å². The number of hydrogen-bond donors (Lipinski definition) is 1. The van der Waals surface area contributed by atoms with E-state index in [9.17, 15) is 14.9 Å². The number of nitrogens with zero attached hydrogens (tertiary/aromatic N) is 1. The lowest BCUT2D eigenvalue weighted by molar-refractivity contribution is -0.385. The molecule has 1 aromatic rings. The van der Waals surface area contributed by atoms with Crippen molar-refractivity contribution in [3.63, 3.8) is 0 Å². The fourth-order valence-corrected chi connectivity index (χ4v) is 5.70. The molecule has 0 unspecified atom stereocenters. The Kier molecular flexibility index (Phi) is 3.93. The highest BCUT2D eigenvalue weighted by molar-refractivity contribution is 5.78. The third-order valence-electron chi connectivity index (χ3n) is 6.25. The first-order valence-electron chi connectivity index (χ1n) is 9.12. The standard InChI is InChI=1S/C19H24N2O4/c1-12-16(21(23)24)3-2-4-17(12)25-11-18(22)20-19-8-13-5-14(9-19)7-15(6-13)10-19/h2-4,13-15H,5-11H2,1H3,(H,20,22). The Balaban J connectivity index is 1.39. The molecule has 4 bridgehead atoms. The van der Waals surface area contributed by atoms with E-state index in [0.717, 1.165) is 37.0 Å². The molecule has 134 valence electrons. The molecule has 0 atom stereocenters. The number of nitrogens with one attached hydrogen (secondary N) is 1. The minimum Gasteiger partial charge on any atom is -0.483 e. The van der Waals surface area contributed by atoms with Crippen molar-refractivity contribution in [1.29, 1.82) is 0 Å². The van der Waals surface area contributed by atoms with Crippen molar-refractivity contribution in [2.24, 2.45) is 17.8 Å². The van der Waals surface area contributed by atoms with E-state index in [-0.39, 0.29) is 23.7 Å². The Labute approximate surface area is 147 Å². The van der Waals surface area contributed by atoms with Gasteiger partial charge in [-0.3, -0.25) is 14.9 Å². The number of amides is 1. The Morgan fingerprint density at radius 3 is 2.40 bits per heavy atom. The fraction of sp³-hybridized carbons (Fsp3) is 0.632. The average Bonchev–Trinajstić information content (AvgIpc) is 2.51. The maximum absolute atomic E-state index is 12.5. The van der Waals surface area contributed by atoms with Crippen LogP contribution in [-0.2, 0) is 4.79 Å². The van der Waals surface area contributed by atoms with Crippen LogP contribution in [0.25, 0.3) is 0 Å². The zero-order chi connectivity index (χ0) is 17.6. The van der Waals surface area contributed by atoms with E-state index in [2.05, 4.69) is 5.32 Å². The Morgan fingerprint density at radius 1 is 1.24 bits per heavy atom. The minimum absolute atomic E-state index is 0.0130. The van der Waals surface area contributed by atoms with Crippen LogP contribution < -0.4 is 10.1 Å². The molecule has 1 aromatic carbocycles. The number of nitro groups is 1. The topological polar surface area (TPSA) is 81.5 Å². The first-order chi connectivity index (χ1) is 11.9. The molecule has 25 heavy (non-hydrogen) atoms. The van der Waals surface area contributed by atoms with Gasteiger partial charge >= 0.3 is 0 Å². The first kappa shape index (κ1) is 16.4. The van der Waals surface area contributed by atoms with E-state index in [1.54, 1.807) is 19.1 Å². The number of benzene rings is 1. The summed E-state index contributed by atoms with van der Waals surface area (Å²) in [7, 11) is 0. The summed E-state index contributed by atoms with van der Waals surface area (Å²) in [5, 5.41) is 14.3. The van der Waals surface area contributed by atoms with Gasteiger partial charge < -0.3 is 10.1 Å². The molecule has 1 amide bonds. The summed E-state index contributed by atoms with van der Waals surface area (Å²) < 4.78 is 5.59. The molecule has 0 radical (unpaired) electrons. The highest BCUT2D eigenvalue weighted by atomic mass is 16.6. The van der Waals surface area contributed by atoms with Crippen LogP contribution in [0.3, 0.4) is 0 Å². The van der Waals surface area contributed by atoms with Gasteiger partial charge in [0.05, 0.1) is 10.5 Å². The molecule has 4 aliphatic rings. The van der Waals surface area contributed by atoms with E-state index in [1.807, 2.05) is 0 Å². The molecule has 6 nitrogen and oxygen atoms in total. The number of carbonyl (C=O) groups excluding carboxylic acids is 1. The molecular weight excluding hydrogens is 320 g/mol. The molecule has 0 spiro atoms. The zero-order valence-corrected chi connectivity index (χ0v) is 14.5. The summed E-state index contributed by atoms with van der Waals surface area (Å²) in [4.78, 5) is 23.0. The predicted octanol–water partition coefficient (Wildman–Crippen LogP) is 3.37. The minimum atomic E-state index is -0.433. The Hall–Kier alpha value is -2.11. The van der Waals surface area contributed by atoms with E-state index in [4.69, 9.17) is 4.74 Å². The second-order valence-corrected chi connectivity index (χ2v) is 8.19. The highest BCUT2D eigenvalue weighted by Gasteiger charge is 2.51. The summed E-state index contributed by atoms with van der Waals surface area (Å²) in [6.07, 6.45) is 7.29. The Morgan fingerprint density at radius 2 is 1.84 bits per heavy atom. The van der Waals surface area contributed by atoms with Crippen LogP contribution in [0, 0.1) is 34.8 Å². The summed E-state index contributed by atoms with van der Waals surface area (Å²) >= 11 is 0. The summed E-state index contributed by atoms with van der Waals surface area (Å²) in [6, 6.07) is 4.69. The second kappa shape index (κ2) is 6.00. The van der Waals surface area contributed by atoms with Crippen molar-refractivity contribution in [3.8, 4) is 5.75 Å². The quantitative estimate of drug-likeness (QED) is 0.656. The number of carbonyl (C=O) groups is 1. The van der Waals surface area contributed by atoms with E-state index < -0.39 is 4.92 Å². The number of ether oxygens (including phenoxy) is 1. The van der Waals surface area contributed by atoms with Crippen molar-refractivity contribution in [2.75, 3.05) is 6.61 Å². The molecule has 1 N–H and O–H groups in total. The molecule has 0 aliphatic heterocycles. The van der Waals surface area contributed by atoms with Crippen LogP contribution in [0.5, 0.6) is 5.75 Å². The molecule has 6 heteroatoms. The van der Waals surface area contributed by atoms with Gasteiger partial charge in [0.2, 0.25) is 0 Å². The van der Waals surface area contributed by atoms with Crippen LogP contribution in [-0.4, -0.2) is 23.0 Å². The normalized spacial score (nSPS) is 32.4. The van der Waals surface area contributed by atoms with Gasteiger partial charge in [-0.15, -0.1) is 0 Å². The lowest BCUT2D eigenvalue weighted by atomic mass is 9.53. The molecule has 5 rings (SSSR count). The van der Waals surface area contributed by atoms with Gasteiger partial charge in [0.15, 0.2) is 6.61 Å². The molecule has 0 heterocycles. The van der Waals surface area contributed by atoms with Crippen molar-refractivity contribution in [1.82, 2.24) is 5.32 Å². The zero-order valence-electron chi connectivity index (χ0n) is 14.5. The molecule has 4 fully saturated rings.